The Labute approximate surface area is 463 Å². The minimum atomic E-state index is -3.46. The van der Waals surface area contributed by atoms with Gasteiger partial charge in [-0.2, -0.15) is 13.7 Å². The molecule has 8 heterocycles. The average molecular weight is 1120 g/mol. The van der Waals surface area contributed by atoms with Gasteiger partial charge in [-0.1, -0.05) is 6.42 Å². The Bertz CT molecular complexity index is 2650. The SMILES string of the molecule is CC(C)(C)OC(=O)N1CCC1CO.CC(C)(C)OC(=O)N1CCC1COS(C)(=O)=O.N#CN1CCC1COc1ccnc(N)c1.Nc1cc(=O)cc[nH]1.Nc1cc(OCC2CCC2)ccn1.Nc1cc(OCC2CCN2)ccn1. The number of hydrogen-bond donors (Lipinski definition) is 7. The normalized spacial score (nSPS) is 18.9. The van der Waals surface area contributed by atoms with Crippen LogP contribution in [-0.2, 0) is 23.8 Å². The summed E-state index contributed by atoms with van der Waals surface area (Å²) in [5.74, 6) is 4.95. The maximum Gasteiger partial charge on any atom is 0.410 e. The molecule has 79 heavy (non-hydrogen) atoms. The summed E-state index contributed by atoms with van der Waals surface area (Å²) in [6.45, 7) is 16.1. The topological polar surface area (TPSA) is 365 Å². The van der Waals surface area contributed by atoms with Crippen molar-refractivity contribution in [3.8, 4) is 23.4 Å². The third-order valence-corrected chi connectivity index (χ3v) is 12.6. The fraction of sp³-hybridized carbons (Fsp3) is 0.566. The van der Waals surface area contributed by atoms with Gasteiger partial charge >= 0.3 is 12.2 Å². The molecular formula is C53H81N13O12S. The summed E-state index contributed by atoms with van der Waals surface area (Å²) in [5, 5.41) is 20.8. The number of H-pyrrole nitrogens is 1. The van der Waals surface area contributed by atoms with E-state index in [4.69, 9.17) is 57.0 Å². The number of nitrogen functional groups attached to an aromatic ring is 4. The molecule has 4 atom stereocenters. The lowest BCUT2D eigenvalue weighted by atomic mass is 9.86. The number of anilines is 4. The average Bonchev–Trinajstić information content (AvgIpc) is 3.27. The number of carbonyl (C=O) groups is 2. The Hall–Kier alpha value is -7.34. The molecule has 436 valence electrons. The molecule has 25 nitrogen and oxygen atoms in total. The van der Waals surface area contributed by atoms with E-state index < -0.39 is 27.4 Å². The van der Waals surface area contributed by atoms with E-state index in [2.05, 4.69) is 35.6 Å². The van der Waals surface area contributed by atoms with Crippen LogP contribution in [0.3, 0.4) is 0 Å². The second kappa shape index (κ2) is 31.3. The fourth-order valence-corrected chi connectivity index (χ4v) is 7.49. The first-order valence-electron chi connectivity index (χ1n) is 26.1. The molecule has 0 radical (unpaired) electrons. The number of nitrogens with one attached hydrogen (secondary N) is 2. The number of aromatic nitrogens is 4. The minimum absolute atomic E-state index is 0.00191. The highest BCUT2D eigenvalue weighted by atomic mass is 32.2. The first-order valence-corrected chi connectivity index (χ1v) is 27.9. The molecule has 26 heteroatoms. The molecule has 4 aromatic rings. The number of hydrogen-bond acceptors (Lipinski definition) is 22. The summed E-state index contributed by atoms with van der Waals surface area (Å²) in [6.07, 6.45) is 16.6. The number of nitrogens with zero attached hydrogens (tertiary/aromatic N) is 7. The first-order chi connectivity index (χ1) is 37.3. The molecule has 4 aliphatic heterocycles. The van der Waals surface area contributed by atoms with Crippen molar-refractivity contribution in [2.75, 3.05) is 88.4 Å². The summed E-state index contributed by atoms with van der Waals surface area (Å²) in [6, 6.07) is 13.8. The van der Waals surface area contributed by atoms with Crippen molar-refractivity contribution < 1.29 is 51.0 Å². The number of aliphatic hydroxyl groups excluding tert-OH is 1. The number of aromatic amines is 1. The monoisotopic (exact) mass is 1120 g/mol. The van der Waals surface area contributed by atoms with E-state index in [1.165, 1.54) is 48.9 Å². The summed E-state index contributed by atoms with van der Waals surface area (Å²) >= 11 is 0. The van der Waals surface area contributed by atoms with Gasteiger partial charge in [0.25, 0.3) is 10.1 Å². The number of ether oxygens (including phenoxy) is 5. The van der Waals surface area contributed by atoms with E-state index in [-0.39, 0.29) is 42.9 Å². The molecule has 11 N–H and O–H groups in total. The fourth-order valence-electron chi connectivity index (χ4n) is 7.08. The van der Waals surface area contributed by atoms with Crippen LogP contribution in [-0.4, -0.2) is 161 Å². The van der Waals surface area contributed by atoms with Gasteiger partial charge in [-0.3, -0.25) is 8.98 Å². The largest absolute Gasteiger partial charge is 0.493 e. The number of rotatable bonds is 13. The van der Waals surface area contributed by atoms with Crippen molar-refractivity contribution in [3.63, 3.8) is 0 Å². The smallest absolute Gasteiger partial charge is 0.410 e. The lowest BCUT2D eigenvalue weighted by Gasteiger charge is -2.40. The van der Waals surface area contributed by atoms with Crippen LogP contribution in [0.1, 0.15) is 86.5 Å². The Morgan fingerprint density at radius 1 is 0.696 bits per heavy atom. The number of carbonyl (C=O) groups excluding carboxylic acids is 2. The second-order valence-corrected chi connectivity index (χ2v) is 22.7. The van der Waals surface area contributed by atoms with Gasteiger partial charge in [-0.05, 0) is 111 Å². The van der Waals surface area contributed by atoms with E-state index in [1.54, 1.807) is 73.4 Å². The molecule has 9 rings (SSSR count). The molecule has 0 bridgehead atoms. The standard InChI is InChI=1S/C10H12N4O.C10H14N2O.C10H19NO5S.C9H13N3O.C9H17NO3.C5H6N2O/c11-7-14-4-2-8(14)6-15-9-1-3-13-10(12)5-9;11-10-6-9(4-5-12-10)13-7-8-2-1-3-8;1-10(2,3)16-9(12)11-6-5-8(11)7-15-17(4,13)14;10-9-5-8(2-4-12-9)13-6-7-1-3-11-7;1-9(2,3)13-8(12)10-5-4-7(10)6-11;6-5-3-4(8)1-2-7-5/h1,3,5,8H,2,4,6H2,(H2,12,13);4-6,8H,1-3,7H2,(H2,11,12);8H,5-7H2,1-4H3;2,4-5,7,11H,1,3,6H2,(H2,10,12);7,11H,4-6H2,1-3H3;1-3H,(H3,6,7,8). The zero-order valence-electron chi connectivity index (χ0n) is 46.4. The zero-order chi connectivity index (χ0) is 58.2. The summed E-state index contributed by atoms with van der Waals surface area (Å²) in [4.78, 5) is 52.5. The molecule has 2 amide bonds. The number of amides is 2. The van der Waals surface area contributed by atoms with E-state index in [9.17, 15) is 22.8 Å². The third kappa shape index (κ3) is 25.3. The van der Waals surface area contributed by atoms with Gasteiger partial charge in [-0.15, -0.1) is 0 Å². The number of nitrogens with two attached hydrogens (primary N) is 4. The van der Waals surface area contributed by atoms with Gasteiger partial charge < -0.3 is 76.7 Å². The Kier molecular flexibility index (Phi) is 25.4. The molecular weight excluding hydrogens is 1040 g/mol. The van der Waals surface area contributed by atoms with Crippen molar-refractivity contribution in [1.29, 1.82) is 5.26 Å². The van der Waals surface area contributed by atoms with E-state index >= 15 is 0 Å². The van der Waals surface area contributed by atoms with Gasteiger partial charge in [0.1, 0.15) is 64.9 Å². The lowest BCUT2D eigenvalue weighted by molar-refractivity contribution is -0.0168. The third-order valence-electron chi connectivity index (χ3n) is 12.1. The quantitative estimate of drug-likeness (QED) is 0.0700. The number of pyridine rings is 4. The summed E-state index contributed by atoms with van der Waals surface area (Å²) in [5.41, 5.74) is 20.7. The van der Waals surface area contributed by atoms with Crippen LogP contribution in [0.4, 0.5) is 32.9 Å². The van der Waals surface area contributed by atoms with Crippen LogP contribution < -0.4 is 47.9 Å². The van der Waals surface area contributed by atoms with Crippen molar-refractivity contribution in [2.45, 2.75) is 122 Å². The van der Waals surface area contributed by atoms with Crippen LogP contribution in [0.25, 0.3) is 0 Å². The van der Waals surface area contributed by atoms with E-state index in [0.717, 1.165) is 62.6 Å². The highest BCUT2D eigenvalue weighted by Crippen LogP contribution is 2.28. The maximum atomic E-state index is 11.7. The molecule has 5 fully saturated rings. The second-order valence-electron chi connectivity index (χ2n) is 21.0. The molecule has 4 aromatic heterocycles. The Balaban J connectivity index is 0.000000206. The molecule has 5 aliphatic rings. The van der Waals surface area contributed by atoms with Gasteiger partial charge in [0.15, 0.2) is 11.6 Å². The van der Waals surface area contributed by atoms with E-state index in [1.807, 2.05) is 32.9 Å². The number of aliphatic hydroxyl groups is 1. The van der Waals surface area contributed by atoms with E-state index in [0.29, 0.717) is 61.4 Å². The molecule has 1 aliphatic carbocycles. The minimum Gasteiger partial charge on any atom is -0.493 e. The first kappa shape index (κ1) is 64.2. The summed E-state index contributed by atoms with van der Waals surface area (Å²) in [7, 11) is -3.46. The van der Waals surface area contributed by atoms with Crippen LogP contribution in [0, 0.1) is 17.4 Å². The summed E-state index contributed by atoms with van der Waals surface area (Å²) < 4.78 is 53.2. The number of likely N-dealkylation sites (tertiary alicyclic amines) is 3. The number of nitriles is 1. The predicted octanol–water partition coefficient (Wildman–Crippen LogP) is 4.76. The molecule has 1 saturated carbocycles. The predicted molar refractivity (Wildman–Crippen MR) is 299 cm³/mol. The van der Waals surface area contributed by atoms with Crippen molar-refractivity contribution in [1.82, 2.24) is 40.0 Å². The van der Waals surface area contributed by atoms with Gasteiger partial charge in [0.05, 0.1) is 44.2 Å². The van der Waals surface area contributed by atoms with Crippen LogP contribution in [0.5, 0.6) is 17.2 Å². The molecule has 4 saturated heterocycles. The van der Waals surface area contributed by atoms with Gasteiger partial charge in [0.2, 0.25) is 0 Å². The molecule has 0 spiro atoms. The van der Waals surface area contributed by atoms with Crippen molar-refractivity contribution in [3.05, 3.63) is 83.5 Å². The van der Waals surface area contributed by atoms with Gasteiger partial charge in [0, 0.05) is 80.8 Å². The molecule has 4 unspecified atom stereocenters. The van der Waals surface area contributed by atoms with Crippen molar-refractivity contribution in [2.24, 2.45) is 5.92 Å². The van der Waals surface area contributed by atoms with Crippen molar-refractivity contribution >= 4 is 45.6 Å². The van der Waals surface area contributed by atoms with Crippen LogP contribution >= 0.6 is 0 Å². The highest BCUT2D eigenvalue weighted by molar-refractivity contribution is 7.86. The Morgan fingerprint density at radius 3 is 1.51 bits per heavy atom. The van der Waals surface area contributed by atoms with Crippen LogP contribution in [0.2, 0.25) is 0 Å². The van der Waals surface area contributed by atoms with Gasteiger partial charge in [-0.25, -0.2) is 24.5 Å². The van der Waals surface area contributed by atoms with Crippen LogP contribution in [0.15, 0.2) is 78.1 Å². The zero-order valence-corrected chi connectivity index (χ0v) is 47.2. The lowest BCUT2D eigenvalue weighted by Crippen LogP contribution is -2.54. The molecule has 0 aromatic carbocycles. The maximum absolute atomic E-state index is 11.7. The highest BCUT2D eigenvalue weighted by Gasteiger charge is 2.36. The Morgan fingerprint density at radius 2 is 1.18 bits per heavy atom.